The molecule has 0 unspecified atom stereocenters. The van der Waals surface area contributed by atoms with Gasteiger partial charge in [-0.2, -0.15) is 0 Å². The first-order valence-corrected chi connectivity index (χ1v) is 7.89. The van der Waals surface area contributed by atoms with Crippen molar-refractivity contribution in [1.82, 2.24) is 4.40 Å². The lowest BCUT2D eigenvalue weighted by molar-refractivity contribution is 1.21. The number of nitrogens with zero attached hydrogens (tertiary/aromatic N) is 1. The van der Waals surface area contributed by atoms with Crippen LogP contribution in [0.5, 0.6) is 0 Å². The zero-order valence-corrected chi connectivity index (χ0v) is 12.6. The molecule has 1 heteroatoms. The van der Waals surface area contributed by atoms with E-state index in [2.05, 4.69) is 95.5 Å². The summed E-state index contributed by atoms with van der Waals surface area (Å²) in [5, 5.41) is 5.16. The van der Waals surface area contributed by atoms with Gasteiger partial charge in [-0.3, -0.25) is 0 Å². The summed E-state index contributed by atoms with van der Waals surface area (Å²) in [5.41, 5.74) is 3.78. The Hall–Kier alpha value is -3.06. The average molecular weight is 293 g/mol. The molecule has 5 rings (SSSR count). The Bertz CT molecular complexity index is 1110. The average Bonchev–Trinajstić information content (AvgIpc) is 2.96. The van der Waals surface area contributed by atoms with E-state index in [4.69, 9.17) is 0 Å². The summed E-state index contributed by atoms with van der Waals surface area (Å²) in [4.78, 5) is 0. The Kier molecular flexibility index (Phi) is 2.56. The molecule has 0 aliphatic carbocycles. The summed E-state index contributed by atoms with van der Waals surface area (Å²) < 4.78 is 2.30. The SMILES string of the molecule is c1ccc2cc(-c3c4ccccc4c4ccccn34)ccc2c1. The van der Waals surface area contributed by atoms with Crippen molar-refractivity contribution < 1.29 is 0 Å². The van der Waals surface area contributed by atoms with Crippen LogP contribution in [-0.4, -0.2) is 4.40 Å². The van der Waals surface area contributed by atoms with E-state index >= 15 is 0 Å². The fourth-order valence-corrected chi connectivity index (χ4v) is 3.53. The summed E-state index contributed by atoms with van der Waals surface area (Å²) in [5.74, 6) is 0. The van der Waals surface area contributed by atoms with Crippen LogP contribution >= 0.6 is 0 Å². The molecule has 0 aliphatic heterocycles. The van der Waals surface area contributed by atoms with E-state index in [1.807, 2.05) is 0 Å². The van der Waals surface area contributed by atoms with Crippen molar-refractivity contribution in [1.29, 1.82) is 0 Å². The summed E-state index contributed by atoms with van der Waals surface area (Å²) in [6.07, 6.45) is 2.15. The van der Waals surface area contributed by atoms with Crippen LogP contribution in [-0.2, 0) is 0 Å². The lowest BCUT2D eigenvalue weighted by atomic mass is 10.0. The predicted molar refractivity (Wildman–Crippen MR) is 97.8 cm³/mol. The maximum atomic E-state index is 2.30. The molecule has 0 atom stereocenters. The molecule has 2 aromatic heterocycles. The smallest absolute Gasteiger partial charge is 0.0607 e. The highest BCUT2D eigenvalue weighted by molar-refractivity contribution is 6.07. The quantitative estimate of drug-likeness (QED) is 0.362. The van der Waals surface area contributed by atoms with Crippen molar-refractivity contribution in [3.8, 4) is 11.3 Å². The Balaban J connectivity index is 1.93. The minimum atomic E-state index is 1.26. The van der Waals surface area contributed by atoms with Gasteiger partial charge in [0, 0.05) is 17.0 Å². The topological polar surface area (TPSA) is 4.41 Å². The van der Waals surface area contributed by atoms with Crippen LogP contribution in [0.2, 0.25) is 0 Å². The van der Waals surface area contributed by atoms with Crippen LogP contribution in [0.1, 0.15) is 0 Å². The van der Waals surface area contributed by atoms with Crippen LogP contribution in [0.3, 0.4) is 0 Å². The van der Waals surface area contributed by atoms with Gasteiger partial charge in [-0.15, -0.1) is 0 Å². The third-order valence-corrected chi connectivity index (χ3v) is 4.58. The lowest BCUT2D eigenvalue weighted by Crippen LogP contribution is -1.87. The van der Waals surface area contributed by atoms with Gasteiger partial charge >= 0.3 is 0 Å². The standard InChI is InChI=1S/C22H15N/c1-2-8-17-15-18(13-12-16(17)7-1)22-20-10-4-3-9-19(20)21-11-5-6-14-23(21)22/h1-15H. The Morgan fingerprint density at radius 3 is 2.22 bits per heavy atom. The second kappa shape index (κ2) is 4.72. The Morgan fingerprint density at radius 1 is 0.565 bits per heavy atom. The number of hydrogen-bond donors (Lipinski definition) is 0. The molecule has 0 N–H and O–H groups in total. The molecule has 1 nitrogen and oxygen atoms in total. The van der Waals surface area contributed by atoms with Crippen molar-refractivity contribution in [2.75, 3.05) is 0 Å². The number of benzene rings is 3. The first kappa shape index (κ1) is 12.5. The number of hydrogen-bond acceptors (Lipinski definition) is 0. The fraction of sp³-hybridized carbons (Fsp3) is 0. The fourth-order valence-electron chi connectivity index (χ4n) is 3.53. The highest BCUT2D eigenvalue weighted by Crippen LogP contribution is 2.35. The van der Waals surface area contributed by atoms with Crippen molar-refractivity contribution in [2.45, 2.75) is 0 Å². The number of rotatable bonds is 1. The van der Waals surface area contributed by atoms with Gasteiger partial charge in [0.1, 0.15) is 0 Å². The van der Waals surface area contributed by atoms with Gasteiger partial charge in [-0.25, -0.2) is 0 Å². The third kappa shape index (κ3) is 1.80. The van der Waals surface area contributed by atoms with Gasteiger partial charge in [0.05, 0.1) is 11.2 Å². The van der Waals surface area contributed by atoms with Gasteiger partial charge in [0.2, 0.25) is 0 Å². The van der Waals surface area contributed by atoms with E-state index < -0.39 is 0 Å². The number of fused-ring (bicyclic) bond motifs is 4. The first-order valence-electron chi connectivity index (χ1n) is 7.89. The highest BCUT2D eigenvalue weighted by Gasteiger charge is 2.12. The van der Waals surface area contributed by atoms with Gasteiger partial charge < -0.3 is 4.40 Å². The van der Waals surface area contributed by atoms with Gasteiger partial charge in [-0.05, 0) is 34.5 Å². The molecule has 23 heavy (non-hydrogen) atoms. The van der Waals surface area contributed by atoms with E-state index in [9.17, 15) is 0 Å². The summed E-state index contributed by atoms with van der Waals surface area (Å²) in [6, 6.07) is 30.3. The van der Waals surface area contributed by atoms with E-state index in [0.29, 0.717) is 0 Å². The zero-order valence-electron chi connectivity index (χ0n) is 12.6. The van der Waals surface area contributed by atoms with Crippen molar-refractivity contribution >= 4 is 27.1 Å². The Labute approximate surface area is 134 Å². The van der Waals surface area contributed by atoms with E-state index in [0.717, 1.165) is 0 Å². The van der Waals surface area contributed by atoms with Gasteiger partial charge in [0.25, 0.3) is 0 Å². The van der Waals surface area contributed by atoms with Crippen LogP contribution in [0.25, 0.3) is 38.3 Å². The molecule has 0 saturated carbocycles. The van der Waals surface area contributed by atoms with Crippen molar-refractivity contribution in [3.05, 3.63) is 91.1 Å². The third-order valence-electron chi connectivity index (χ3n) is 4.58. The van der Waals surface area contributed by atoms with E-state index in [-0.39, 0.29) is 0 Å². The lowest BCUT2D eigenvalue weighted by Gasteiger charge is -2.06. The summed E-state index contributed by atoms with van der Waals surface area (Å²) in [7, 11) is 0. The van der Waals surface area contributed by atoms with Gasteiger partial charge in [0.15, 0.2) is 0 Å². The summed E-state index contributed by atoms with van der Waals surface area (Å²) in [6.45, 7) is 0. The second-order valence-corrected chi connectivity index (χ2v) is 5.91. The molecule has 0 amide bonds. The van der Waals surface area contributed by atoms with Crippen LogP contribution in [0, 0.1) is 0 Å². The van der Waals surface area contributed by atoms with Crippen molar-refractivity contribution in [2.24, 2.45) is 0 Å². The molecule has 0 aliphatic rings. The zero-order chi connectivity index (χ0) is 15.2. The molecule has 0 spiro atoms. The monoisotopic (exact) mass is 293 g/mol. The Morgan fingerprint density at radius 2 is 1.30 bits per heavy atom. The normalized spacial score (nSPS) is 11.5. The van der Waals surface area contributed by atoms with E-state index in [1.165, 1.54) is 38.3 Å². The minimum absolute atomic E-state index is 1.26. The number of aromatic nitrogens is 1. The molecule has 0 radical (unpaired) electrons. The maximum Gasteiger partial charge on any atom is 0.0607 e. The molecule has 2 heterocycles. The first-order chi connectivity index (χ1) is 11.4. The molecule has 0 bridgehead atoms. The maximum absolute atomic E-state index is 2.30. The van der Waals surface area contributed by atoms with Crippen LogP contribution < -0.4 is 0 Å². The second-order valence-electron chi connectivity index (χ2n) is 5.91. The molecule has 108 valence electrons. The highest BCUT2D eigenvalue weighted by atomic mass is 14.9. The molecule has 3 aromatic carbocycles. The molecule has 0 fully saturated rings. The molecular formula is C22H15N. The molecular weight excluding hydrogens is 278 g/mol. The van der Waals surface area contributed by atoms with E-state index in [1.54, 1.807) is 0 Å². The van der Waals surface area contributed by atoms with Crippen molar-refractivity contribution in [3.63, 3.8) is 0 Å². The summed E-state index contributed by atoms with van der Waals surface area (Å²) >= 11 is 0. The molecule has 0 saturated heterocycles. The minimum Gasteiger partial charge on any atom is -0.315 e. The molecule has 5 aromatic rings. The van der Waals surface area contributed by atoms with Crippen LogP contribution in [0.15, 0.2) is 91.1 Å². The van der Waals surface area contributed by atoms with Crippen LogP contribution in [0.4, 0.5) is 0 Å². The predicted octanol–water partition coefficient (Wildman–Crippen LogP) is 5.91. The van der Waals surface area contributed by atoms with Gasteiger partial charge in [-0.1, -0.05) is 66.7 Å². The number of pyridine rings is 1. The largest absolute Gasteiger partial charge is 0.315 e.